The van der Waals surface area contributed by atoms with Crippen LogP contribution in [0, 0.1) is 5.92 Å². The van der Waals surface area contributed by atoms with Crippen molar-refractivity contribution in [1.82, 2.24) is 4.98 Å². The summed E-state index contributed by atoms with van der Waals surface area (Å²) in [7, 11) is 0. The molecular formula is C12H15F3N2O. The van der Waals surface area contributed by atoms with Crippen molar-refractivity contribution in [1.29, 1.82) is 0 Å². The molecule has 0 aliphatic carbocycles. The van der Waals surface area contributed by atoms with E-state index in [-0.39, 0.29) is 19.4 Å². The maximum atomic E-state index is 12.5. The number of hydrogen-bond donors (Lipinski definition) is 1. The summed E-state index contributed by atoms with van der Waals surface area (Å²) in [6.07, 6.45) is -2.34. The molecule has 1 aromatic rings. The average molecular weight is 260 g/mol. The van der Waals surface area contributed by atoms with Crippen LogP contribution in [-0.2, 0) is 6.61 Å². The number of aromatic nitrogens is 1. The van der Waals surface area contributed by atoms with E-state index in [0.29, 0.717) is 24.5 Å². The van der Waals surface area contributed by atoms with Crippen molar-refractivity contribution < 1.29 is 18.3 Å². The van der Waals surface area contributed by atoms with E-state index in [2.05, 4.69) is 4.98 Å². The molecule has 1 fully saturated rings. The average Bonchev–Trinajstić information content (AvgIpc) is 2.38. The zero-order valence-electron chi connectivity index (χ0n) is 9.82. The topological polar surface area (TPSA) is 36.4 Å². The molecule has 0 atom stereocenters. The van der Waals surface area contributed by atoms with Crippen LogP contribution in [0.2, 0.25) is 0 Å². The smallest absolute Gasteiger partial charge is 0.391 e. The van der Waals surface area contributed by atoms with Gasteiger partial charge in [-0.2, -0.15) is 13.2 Å². The van der Waals surface area contributed by atoms with Crippen LogP contribution < -0.4 is 4.90 Å². The van der Waals surface area contributed by atoms with Crippen molar-refractivity contribution in [2.75, 3.05) is 18.0 Å². The molecule has 0 saturated carbocycles. The molecule has 0 unspecified atom stereocenters. The summed E-state index contributed by atoms with van der Waals surface area (Å²) in [4.78, 5) is 5.96. The van der Waals surface area contributed by atoms with Gasteiger partial charge in [0, 0.05) is 24.8 Å². The van der Waals surface area contributed by atoms with Gasteiger partial charge >= 0.3 is 6.18 Å². The lowest BCUT2D eigenvalue weighted by molar-refractivity contribution is -0.179. The fourth-order valence-corrected chi connectivity index (χ4v) is 2.26. The molecule has 100 valence electrons. The minimum absolute atomic E-state index is 0.0882. The van der Waals surface area contributed by atoms with E-state index in [9.17, 15) is 18.3 Å². The zero-order valence-corrected chi connectivity index (χ0v) is 9.82. The van der Waals surface area contributed by atoms with Crippen LogP contribution in [-0.4, -0.2) is 29.4 Å². The lowest BCUT2D eigenvalue weighted by Gasteiger charge is -2.34. The molecule has 1 aromatic heterocycles. The number of piperidine rings is 1. The molecule has 0 aromatic carbocycles. The Balaban J connectivity index is 2.06. The highest BCUT2D eigenvalue weighted by atomic mass is 19.4. The standard InChI is InChI=1S/C12H15F3N2O/c13-12(14,15)10-3-6-17(7-4-10)11-9(8-18)2-1-5-16-11/h1-2,5,10,18H,3-4,6-8H2. The molecule has 0 radical (unpaired) electrons. The van der Waals surface area contributed by atoms with Gasteiger partial charge in [0.15, 0.2) is 0 Å². The minimum atomic E-state index is -4.10. The first-order valence-corrected chi connectivity index (χ1v) is 5.89. The van der Waals surface area contributed by atoms with Crippen molar-refractivity contribution in [2.45, 2.75) is 25.6 Å². The Kier molecular flexibility index (Phi) is 3.75. The summed E-state index contributed by atoms with van der Waals surface area (Å²) in [5, 5.41) is 9.18. The van der Waals surface area contributed by atoms with E-state index >= 15 is 0 Å². The van der Waals surface area contributed by atoms with Gasteiger partial charge in [0.1, 0.15) is 5.82 Å². The van der Waals surface area contributed by atoms with Crippen LogP contribution in [0.5, 0.6) is 0 Å². The molecule has 1 N–H and O–H groups in total. The third kappa shape index (κ3) is 2.75. The van der Waals surface area contributed by atoms with Gasteiger partial charge in [-0.3, -0.25) is 0 Å². The third-order valence-electron chi connectivity index (χ3n) is 3.30. The van der Waals surface area contributed by atoms with Crippen molar-refractivity contribution >= 4 is 5.82 Å². The fourth-order valence-electron chi connectivity index (χ4n) is 2.26. The van der Waals surface area contributed by atoms with Crippen LogP contribution in [0.15, 0.2) is 18.3 Å². The number of aliphatic hydroxyl groups is 1. The molecule has 0 bridgehead atoms. The molecule has 6 heteroatoms. The van der Waals surface area contributed by atoms with Crippen molar-refractivity contribution in [3.8, 4) is 0 Å². The van der Waals surface area contributed by atoms with Gasteiger partial charge in [0.2, 0.25) is 0 Å². The summed E-state index contributed by atoms with van der Waals surface area (Å²) in [6, 6.07) is 3.44. The molecule has 1 aliphatic heterocycles. The first-order valence-electron chi connectivity index (χ1n) is 5.89. The monoisotopic (exact) mass is 260 g/mol. The lowest BCUT2D eigenvalue weighted by Crippen LogP contribution is -2.39. The molecule has 2 rings (SSSR count). The molecular weight excluding hydrogens is 245 g/mol. The van der Waals surface area contributed by atoms with E-state index in [4.69, 9.17) is 0 Å². The van der Waals surface area contributed by atoms with Gasteiger partial charge in [0.25, 0.3) is 0 Å². The minimum Gasteiger partial charge on any atom is -0.392 e. The number of hydrogen-bond acceptors (Lipinski definition) is 3. The molecule has 0 amide bonds. The van der Waals surface area contributed by atoms with E-state index in [1.165, 1.54) is 0 Å². The second-order valence-corrected chi connectivity index (χ2v) is 4.45. The number of anilines is 1. The fraction of sp³-hybridized carbons (Fsp3) is 0.583. The van der Waals surface area contributed by atoms with Crippen LogP contribution in [0.3, 0.4) is 0 Å². The van der Waals surface area contributed by atoms with Gasteiger partial charge in [-0.05, 0) is 18.9 Å². The molecule has 2 heterocycles. The Bertz CT molecular complexity index is 401. The predicted octanol–water partition coefficient (Wildman–Crippen LogP) is 2.35. The van der Waals surface area contributed by atoms with Gasteiger partial charge in [-0.1, -0.05) is 6.07 Å². The van der Waals surface area contributed by atoms with E-state index < -0.39 is 12.1 Å². The highest BCUT2D eigenvalue weighted by Gasteiger charge is 2.41. The molecule has 0 spiro atoms. The number of alkyl halides is 3. The van der Waals surface area contributed by atoms with Crippen LogP contribution in [0.25, 0.3) is 0 Å². The number of rotatable bonds is 2. The van der Waals surface area contributed by atoms with E-state index in [0.717, 1.165) is 0 Å². The van der Waals surface area contributed by atoms with Crippen molar-refractivity contribution in [2.24, 2.45) is 5.92 Å². The third-order valence-corrected chi connectivity index (χ3v) is 3.30. The van der Waals surface area contributed by atoms with Gasteiger partial charge in [-0.15, -0.1) is 0 Å². The molecule has 1 saturated heterocycles. The Morgan fingerprint density at radius 1 is 1.33 bits per heavy atom. The summed E-state index contributed by atoms with van der Waals surface area (Å²) in [6.45, 7) is 0.505. The van der Waals surface area contributed by atoms with Crippen molar-refractivity contribution in [3.63, 3.8) is 0 Å². The highest BCUT2D eigenvalue weighted by Crippen LogP contribution is 2.35. The summed E-state index contributed by atoms with van der Waals surface area (Å²) in [5.41, 5.74) is 0.656. The molecule has 3 nitrogen and oxygen atoms in total. The summed E-state index contributed by atoms with van der Waals surface area (Å²) in [5.74, 6) is -0.615. The number of aliphatic hydroxyl groups excluding tert-OH is 1. The quantitative estimate of drug-likeness (QED) is 0.886. The van der Waals surface area contributed by atoms with Crippen LogP contribution in [0.4, 0.5) is 19.0 Å². The number of pyridine rings is 1. The van der Waals surface area contributed by atoms with E-state index in [1.807, 2.05) is 4.90 Å². The lowest BCUT2D eigenvalue weighted by atomic mass is 9.96. The molecule has 1 aliphatic rings. The first-order chi connectivity index (χ1) is 8.52. The van der Waals surface area contributed by atoms with Gasteiger partial charge in [0.05, 0.1) is 12.5 Å². The van der Waals surface area contributed by atoms with Gasteiger partial charge in [-0.25, -0.2) is 4.98 Å². The molecule has 18 heavy (non-hydrogen) atoms. The van der Waals surface area contributed by atoms with Crippen molar-refractivity contribution in [3.05, 3.63) is 23.9 Å². The number of nitrogens with zero attached hydrogens (tertiary/aromatic N) is 2. The maximum Gasteiger partial charge on any atom is 0.391 e. The zero-order chi connectivity index (χ0) is 13.2. The Morgan fingerprint density at radius 3 is 2.56 bits per heavy atom. The maximum absolute atomic E-state index is 12.5. The summed E-state index contributed by atoms with van der Waals surface area (Å²) >= 11 is 0. The normalized spacial score (nSPS) is 18.1. The Labute approximate surface area is 103 Å². The predicted molar refractivity (Wildman–Crippen MR) is 61.2 cm³/mol. The second kappa shape index (κ2) is 5.14. The largest absolute Gasteiger partial charge is 0.392 e. The van der Waals surface area contributed by atoms with E-state index in [1.54, 1.807) is 18.3 Å². The highest BCUT2D eigenvalue weighted by molar-refractivity contribution is 5.46. The Morgan fingerprint density at radius 2 is 2.00 bits per heavy atom. The van der Waals surface area contributed by atoms with Gasteiger partial charge < -0.3 is 10.0 Å². The SMILES string of the molecule is OCc1cccnc1N1CCC(C(F)(F)F)CC1. The van der Waals surface area contributed by atoms with Crippen LogP contribution >= 0.6 is 0 Å². The second-order valence-electron chi connectivity index (χ2n) is 4.45. The first kappa shape index (κ1) is 13.1. The van der Waals surface area contributed by atoms with Crippen LogP contribution in [0.1, 0.15) is 18.4 Å². The number of halogens is 3. The summed E-state index contributed by atoms with van der Waals surface area (Å²) < 4.78 is 37.6. The Hall–Kier alpha value is -1.30.